The molecule has 214 valence electrons. The number of nitrogens with one attached hydrogen (secondary N) is 1. The van der Waals surface area contributed by atoms with Gasteiger partial charge in [-0.3, -0.25) is 14.5 Å². The van der Waals surface area contributed by atoms with Crippen molar-refractivity contribution in [3.05, 3.63) is 59.7 Å². The highest BCUT2D eigenvalue weighted by molar-refractivity contribution is 5.84. The zero-order valence-corrected chi connectivity index (χ0v) is 23.4. The molecule has 1 fully saturated rings. The summed E-state index contributed by atoms with van der Waals surface area (Å²) in [4.78, 5) is 51.2. The molecule has 0 bridgehead atoms. The van der Waals surface area contributed by atoms with Gasteiger partial charge in [-0.2, -0.15) is 0 Å². The van der Waals surface area contributed by atoms with Crippen LogP contribution in [0.3, 0.4) is 0 Å². The summed E-state index contributed by atoms with van der Waals surface area (Å²) in [6.07, 6.45) is 0.392. The number of ether oxygens (including phenoxy) is 2. The minimum absolute atomic E-state index is 0.0174. The number of hydrogen-bond donors (Lipinski definition) is 2. The predicted molar refractivity (Wildman–Crippen MR) is 149 cm³/mol. The number of carbonyl (C=O) groups is 4. The fourth-order valence-corrected chi connectivity index (χ4v) is 5.50. The molecule has 0 saturated carbocycles. The number of amides is 1. The van der Waals surface area contributed by atoms with Crippen LogP contribution in [0.25, 0.3) is 11.1 Å². The number of Topliss-reactive ketones (excluding diaryl/α,β-unsaturated/α-hetero) is 1. The maximum absolute atomic E-state index is 12.8. The number of aliphatic carboxylic acids is 1. The highest BCUT2D eigenvalue weighted by Gasteiger charge is 2.31. The van der Waals surface area contributed by atoms with Crippen LogP contribution in [0.15, 0.2) is 48.5 Å². The largest absolute Gasteiger partial charge is 0.480 e. The van der Waals surface area contributed by atoms with Crippen molar-refractivity contribution in [1.82, 2.24) is 10.2 Å². The molecule has 2 aliphatic rings. The van der Waals surface area contributed by atoms with Crippen molar-refractivity contribution in [2.24, 2.45) is 5.92 Å². The molecule has 1 amide bonds. The summed E-state index contributed by atoms with van der Waals surface area (Å²) in [5, 5.41) is 12.1. The maximum atomic E-state index is 12.8. The first-order valence-corrected chi connectivity index (χ1v) is 13.8. The van der Waals surface area contributed by atoms with E-state index in [0.29, 0.717) is 25.9 Å². The van der Waals surface area contributed by atoms with Crippen LogP contribution in [-0.4, -0.2) is 71.7 Å². The molecule has 9 nitrogen and oxygen atoms in total. The number of fused-ring (bicyclic) bond motifs is 3. The third-order valence-corrected chi connectivity index (χ3v) is 7.43. The van der Waals surface area contributed by atoms with E-state index in [1.54, 1.807) is 0 Å². The van der Waals surface area contributed by atoms with E-state index in [2.05, 4.69) is 5.32 Å². The fraction of sp³-hybridized carbons (Fsp3) is 0.484. The minimum atomic E-state index is -1.23. The maximum Gasteiger partial charge on any atom is 0.407 e. The zero-order valence-electron chi connectivity index (χ0n) is 23.4. The average molecular weight is 551 g/mol. The van der Waals surface area contributed by atoms with Crippen molar-refractivity contribution in [2.45, 2.75) is 64.0 Å². The van der Waals surface area contributed by atoms with Gasteiger partial charge in [0.05, 0.1) is 6.54 Å². The van der Waals surface area contributed by atoms with Crippen molar-refractivity contribution in [2.75, 3.05) is 26.2 Å². The number of likely N-dealkylation sites (tertiary alicyclic amines) is 1. The number of carboxylic acid groups (broad SMARTS) is 1. The summed E-state index contributed by atoms with van der Waals surface area (Å²) in [6.45, 7) is 6.91. The molecule has 2 N–H and O–H groups in total. The smallest absolute Gasteiger partial charge is 0.407 e. The standard InChI is InChI=1S/C31H38N2O7/c1-31(2,3)40-28(35)18-33-16-14-20(15-17-33)27(34)13-12-26(29(36)37)32-30(38)39-19-25-23-10-6-4-8-21(23)22-9-5-7-11-24(22)25/h4-11,20,25-26H,12-19H2,1-3H3,(H,32,38)(H,36,37)/t26-/m1/s1. The summed E-state index contributed by atoms with van der Waals surface area (Å²) in [5.74, 6) is -1.87. The van der Waals surface area contributed by atoms with E-state index >= 15 is 0 Å². The molecule has 0 spiro atoms. The SMILES string of the molecule is CC(C)(C)OC(=O)CN1CCC(C(=O)CC[C@@H](NC(=O)OCC2c3ccccc3-c3ccccc32)C(=O)O)CC1. The van der Waals surface area contributed by atoms with Crippen molar-refractivity contribution < 1.29 is 33.8 Å². The Balaban J connectivity index is 1.23. The molecule has 1 saturated heterocycles. The zero-order chi connectivity index (χ0) is 28.9. The van der Waals surface area contributed by atoms with E-state index in [1.807, 2.05) is 74.2 Å². The minimum Gasteiger partial charge on any atom is -0.480 e. The number of benzene rings is 2. The lowest BCUT2D eigenvalue weighted by molar-refractivity contribution is -0.156. The summed E-state index contributed by atoms with van der Waals surface area (Å²) in [6, 6.07) is 14.7. The van der Waals surface area contributed by atoms with Crippen LogP contribution in [-0.2, 0) is 23.9 Å². The Morgan fingerprint density at radius 3 is 2.10 bits per heavy atom. The lowest BCUT2D eigenvalue weighted by Crippen LogP contribution is -2.43. The first kappa shape index (κ1) is 29.3. The Labute approximate surface area is 234 Å². The Morgan fingerprint density at radius 2 is 1.55 bits per heavy atom. The summed E-state index contributed by atoms with van der Waals surface area (Å²) in [7, 11) is 0. The Bertz CT molecular complexity index is 1200. The highest BCUT2D eigenvalue weighted by atomic mass is 16.6. The fourth-order valence-electron chi connectivity index (χ4n) is 5.50. The lowest BCUT2D eigenvalue weighted by Gasteiger charge is -2.31. The Kier molecular flexibility index (Phi) is 9.25. The number of nitrogens with zero attached hydrogens (tertiary/aromatic N) is 1. The molecular weight excluding hydrogens is 512 g/mol. The molecule has 1 atom stereocenters. The molecule has 2 aromatic rings. The van der Waals surface area contributed by atoms with E-state index in [1.165, 1.54) is 0 Å². The van der Waals surface area contributed by atoms with Gasteiger partial charge < -0.3 is 19.9 Å². The molecule has 0 unspecified atom stereocenters. The van der Waals surface area contributed by atoms with Crippen molar-refractivity contribution in [3.8, 4) is 11.1 Å². The average Bonchev–Trinajstić information content (AvgIpc) is 3.22. The number of ketones is 1. The molecule has 0 radical (unpaired) electrons. The third-order valence-electron chi connectivity index (χ3n) is 7.43. The van der Waals surface area contributed by atoms with Gasteiger partial charge in [-0.15, -0.1) is 0 Å². The second-order valence-electron chi connectivity index (χ2n) is 11.5. The van der Waals surface area contributed by atoms with Crippen molar-refractivity contribution in [1.29, 1.82) is 0 Å². The van der Waals surface area contributed by atoms with Gasteiger partial charge >= 0.3 is 18.0 Å². The second-order valence-corrected chi connectivity index (χ2v) is 11.5. The number of piperidine rings is 1. The van der Waals surface area contributed by atoms with Crippen LogP contribution in [0.1, 0.15) is 63.5 Å². The van der Waals surface area contributed by atoms with Gasteiger partial charge in [-0.1, -0.05) is 48.5 Å². The number of alkyl carbamates (subject to hydrolysis) is 1. The quantitative estimate of drug-likeness (QED) is 0.418. The van der Waals surface area contributed by atoms with Gasteiger partial charge in [-0.05, 0) is 75.4 Å². The van der Waals surface area contributed by atoms with E-state index in [9.17, 15) is 24.3 Å². The first-order chi connectivity index (χ1) is 19.0. The molecule has 2 aromatic carbocycles. The third kappa shape index (κ3) is 7.47. The van der Waals surface area contributed by atoms with E-state index in [0.717, 1.165) is 22.3 Å². The summed E-state index contributed by atoms with van der Waals surface area (Å²) < 4.78 is 10.8. The molecule has 40 heavy (non-hydrogen) atoms. The summed E-state index contributed by atoms with van der Waals surface area (Å²) in [5.41, 5.74) is 3.79. The lowest BCUT2D eigenvalue weighted by atomic mass is 9.89. The predicted octanol–water partition coefficient (Wildman–Crippen LogP) is 4.38. The second kappa shape index (κ2) is 12.6. The molecule has 4 rings (SSSR count). The van der Waals surface area contributed by atoms with Crippen LogP contribution < -0.4 is 5.32 Å². The van der Waals surface area contributed by atoms with Crippen LogP contribution in [0, 0.1) is 5.92 Å². The van der Waals surface area contributed by atoms with Crippen LogP contribution >= 0.6 is 0 Å². The Hall–Kier alpha value is -3.72. The van der Waals surface area contributed by atoms with E-state index in [4.69, 9.17) is 9.47 Å². The summed E-state index contributed by atoms with van der Waals surface area (Å²) >= 11 is 0. The molecule has 0 aromatic heterocycles. The monoisotopic (exact) mass is 550 g/mol. The number of esters is 1. The van der Waals surface area contributed by atoms with Crippen LogP contribution in [0.2, 0.25) is 0 Å². The van der Waals surface area contributed by atoms with E-state index < -0.39 is 23.7 Å². The number of rotatable bonds is 10. The van der Waals surface area contributed by atoms with Crippen molar-refractivity contribution in [3.63, 3.8) is 0 Å². The van der Waals surface area contributed by atoms with Gasteiger partial charge in [-0.25, -0.2) is 9.59 Å². The molecule has 1 aliphatic heterocycles. The molecule has 1 heterocycles. The van der Waals surface area contributed by atoms with Crippen LogP contribution in [0.4, 0.5) is 4.79 Å². The number of carboxylic acids is 1. The number of hydrogen-bond acceptors (Lipinski definition) is 7. The first-order valence-electron chi connectivity index (χ1n) is 13.8. The Morgan fingerprint density at radius 1 is 0.975 bits per heavy atom. The van der Waals surface area contributed by atoms with Gasteiger partial charge in [0.15, 0.2) is 0 Å². The molecule has 1 aliphatic carbocycles. The van der Waals surface area contributed by atoms with Gasteiger partial charge in [0, 0.05) is 18.3 Å². The van der Waals surface area contributed by atoms with Crippen LogP contribution in [0.5, 0.6) is 0 Å². The van der Waals surface area contributed by atoms with Gasteiger partial charge in [0.2, 0.25) is 0 Å². The topological polar surface area (TPSA) is 122 Å². The normalized spacial score (nSPS) is 16.5. The van der Waals surface area contributed by atoms with Gasteiger partial charge in [0.1, 0.15) is 24.0 Å². The molecular formula is C31H38N2O7. The number of carbonyl (C=O) groups excluding carboxylic acids is 3. The van der Waals surface area contributed by atoms with Crippen molar-refractivity contribution >= 4 is 23.8 Å². The molecule has 9 heteroatoms. The van der Waals surface area contributed by atoms with E-state index in [-0.39, 0.29) is 49.6 Å². The van der Waals surface area contributed by atoms with Gasteiger partial charge in [0.25, 0.3) is 0 Å². The highest BCUT2D eigenvalue weighted by Crippen LogP contribution is 2.44.